The molecule has 9 heteroatoms. The van der Waals surface area contributed by atoms with Crippen molar-refractivity contribution in [3.05, 3.63) is 91.3 Å². The Morgan fingerprint density at radius 2 is 1.81 bits per heavy atom. The van der Waals surface area contributed by atoms with Crippen LogP contribution in [-0.4, -0.2) is 19.5 Å². The number of rotatable bonds is 4. The first-order valence-corrected chi connectivity index (χ1v) is 11.6. The van der Waals surface area contributed by atoms with Crippen LogP contribution in [0.3, 0.4) is 0 Å². The Hall–Kier alpha value is -3.30. The maximum atomic E-state index is 13.5. The van der Waals surface area contributed by atoms with E-state index in [4.69, 9.17) is 0 Å². The van der Waals surface area contributed by atoms with Gasteiger partial charge in [0.25, 0.3) is 11.1 Å². The maximum Gasteiger partial charge on any atom is 0.266 e. The Morgan fingerprint density at radius 1 is 1.06 bits per heavy atom. The Kier molecular flexibility index (Phi) is 5.15. The lowest BCUT2D eigenvalue weighted by Crippen LogP contribution is -2.22. The van der Waals surface area contributed by atoms with Crippen molar-refractivity contribution < 1.29 is 4.39 Å². The zero-order valence-electron chi connectivity index (χ0n) is 17.2. The summed E-state index contributed by atoms with van der Waals surface area (Å²) in [5.41, 5.74) is 1.61. The molecule has 2 aromatic carbocycles. The number of thiophene rings is 1. The van der Waals surface area contributed by atoms with Gasteiger partial charge in [-0.15, -0.1) is 11.3 Å². The van der Waals surface area contributed by atoms with Crippen LogP contribution in [0.15, 0.2) is 63.3 Å². The molecule has 32 heavy (non-hydrogen) atoms. The monoisotopic (exact) mass is 464 g/mol. The van der Waals surface area contributed by atoms with Crippen LogP contribution in [0.4, 0.5) is 4.39 Å². The molecule has 0 saturated carbocycles. The van der Waals surface area contributed by atoms with Crippen LogP contribution in [0, 0.1) is 19.7 Å². The van der Waals surface area contributed by atoms with Crippen LogP contribution in [0.1, 0.15) is 16.3 Å². The van der Waals surface area contributed by atoms with Crippen molar-refractivity contribution in [1.82, 2.24) is 19.5 Å². The van der Waals surface area contributed by atoms with Gasteiger partial charge in [0.2, 0.25) is 0 Å². The highest BCUT2D eigenvalue weighted by molar-refractivity contribution is 7.98. The third-order valence-corrected chi connectivity index (χ3v) is 7.31. The Labute approximate surface area is 189 Å². The van der Waals surface area contributed by atoms with E-state index in [1.807, 2.05) is 19.9 Å². The average molecular weight is 465 g/mol. The van der Waals surface area contributed by atoms with Gasteiger partial charge in [0.15, 0.2) is 5.16 Å². The fourth-order valence-corrected chi connectivity index (χ4v) is 5.46. The van der Waals surface area contributed by atoms with Gasteiger partial charge in [-0.2, -0.15) is 0 Å². The first-order chi connectivity index (χ1) is 15.4. The van der Waals surface area contributed by atoms with E-state index < -0.39 is 0 Å². The summed E-state index contributed by atoms with van der Waals surface area (Å²) < 4.78 is 14.9. The van der Waals surface area contributed by atoms with Gasteiger partial charge in [0.1, 0.15) is 16.5 Å². The van der Waals surface area contributed by atoms with Crippen molar-refractivity contribution in [3.8, 4) is 5.69 Å². The third-order valence-electron chi connectivity index (χ3n) is 5.26. The summed E-state index contributed by atoms with van der Waals surface area (Å²) in [6.07, 6.45) is 0. The second-order valence-corrected chi connectivity index (χ2v) is 9.44. The molecule has 0 saturated heterocycles. The van der Waals surface area contributed by atoms with Gasteiger partial charge in [-0.3, -0.25) is 14.2 Å². The number of aromatic nitrogens is 4. The van der Waals surface area contributed by atoms with Gasteiger partial charge in [-0.25, -0.2) is 14.4 Å². The standard InChI is InChI=1S/C23H17FN4O2S2/c1-12-13(2)32-21-19(12)20(29)26-18(27-21)11-31-23-25-17-6-4-3-5-16(17)22(30)28(23)15-9-7-14(24)8-10-15/h3-10H,11H2,1-2H3,(H,26,27,29). The number of aromatic amines is 1. The van der Waals surface area contributed by atoms with E-state index in [1.54, 1.807) is 30.3 Å². The lowest BCUT2D eigenvalue weighted by atomic mass is 10.2. The minimum atomic E-state index is -0.388. The fourth-order valence-electron chi connectivity index (χ4n) is 3.53. The number of aryl methyl sites for hydroxylation is 2. The lowest BCUT2D eigenvalue weighted by Gasteiger charge is -2.13. The van der Waals surface area contributed by atoms with Crippen molar-refractivity contribution in [2.45, 2.75) is 24.8 Å². The maximum absolute atomic E-state index is 13.5. The number of fused-ring (bicyclic) bond motifs is 2. The Morgan fingerprint density at radius 3 is 2.59 bits per heavy atom. The molecular weight excluding hydrogens is 447 g/mol. The molecule has 1 N–H and O–H groups in total. The Bertz CT molecular complexity index is 1600. The van der Waals surface area contributed by atoms with E-state index in [0.717, 1.165) is 10.4 Å². The van der Waals surface area contributed by atoms with Crippen molar-refractivity contribution in [1.29, 1.82) is 0 Å². The number of thioether (sulfide) groups is 1. The zero-order valence-corrected chi connectivity index (χ0v) is 18.8. The number of hydrogen-bond acceptors (Lipinski definition) is 6. The summed E-state index contributed by atoms with van der Waals surface area (Å²) in [7, 11) is 0. The first kappa shape index (κ1) is 20.6. The van der Waals surface area contributed by atoms with E-state index >= 15 is 0 Å². The zero-order chi connectivity index (χ0) is 22.4. The molecule has 6 nitrogen and oxygen atoms in total. The molecule has 0 fully saturated rings. The second kappa shape index (κ2) is 7.99. The van der Waals surface area contributed by atoms with Crippen molar-refractivity contribution in [3.63, 3.8) is 0 Å². The summed E-state index contributed by atoms with van der Waals surface area (Å²) in [4.78, 5) is 39.7. The number of halogens is 1. The largest absolute Gasteiger partial charge is 0.309 e. The molecular formula is C23H17FN4O2S2. The summed E-state index contributed by atoms with van der Waals surface area (Å²) in [6, 6.07) is 12.8. The minimum Gasteiger partial charge on any atom is -0.309 e. The van der Waals surface area contributed by atoms with Crippen molar-refractivity contribution in [2.24, 2.45) is 0 Å². The molecule has 5 aromatic rings. The van der Waals surface area contributed by atoms with Crippen LogP contribution in [-0.2, 0) is 5.75 Å². The fraction of sp³-hybridized carbons (Fsp3) is 0.130. The molecule has 0 aliphatic heterocycles. The lowest BCUT2D eigenvalue weighted by molar-refractivity contribution is 0.627. The molecule has 0 unspecified atom stereocenters. The molecule has 0 atom stereocenters. The molecule has 0 aliphatic rings. The number of benzene rings is 2. The van der Waals surface area contributed by atoms with Gasteiger partial charge in [0, 0.05) is 4.88 Å². The molecule has 0 radical (unpaired) electrons. The van der Waals surface area contributed by atoms with Gasteiger partial charge in [-0.1, -0.05) is 23.9 Å². The quantitative estimate of drug-likeness (QED) is 0.307. The summed E-state index contributed by atoms with van der Waals surface area (Å²) in [5, 5.41) is 1.52. The normalized spacial score (nSPS) is 11.5. The number of nitrogens with zero attached hydrogens (tertiary/aromatic N) is 3. The van der Waals surface area contributed by atoms with E-state index in [1.165, 1.54) is 39.8 Å². The SMILES string of the molecule is Cc1sc2nc(CSc3nc4ccccc4c(=O)n3-c3ccc(F)cc3)[nH]c(=O)c2c1C. The highest BCUT2D eigenvalue weighted by Crippen LogP contribution is 2.28. The van der Waals surface area contributed by atoms with Crippen LogP contribution >= 0.6 is 23.1 Å². The van der Waals surface area contributed by atoms with E-state index in [9.17, 15) is 14.0 Å². The number of nitrogens with one attached hydrogen (secondary N) is 1. The van der Waals surface area contributed by atoms with Gasteiger partial charge < -0.3 is 4.98 Å². The van der Waals surface area contributed by atoms with Crippen LogP contribution in [0.2, 0.25) is 0 Å². The molecule has 0 spiro atoms. The van der Waals surface area contributed by atoms with Crippen molar-refractivity contribution in [2.75, 3.05) is 0 Å². The van der Waals surface area contributed by atoms with Gasteiger partial charge in [-0.05, 0) is 55.8 Å². The smallest absolute Gasteiger partial charge is 0.266 e. The second-order valence-electron chi connectivity index (χ2n) is 7.29. The summed E-state index contributed by atoms with van der Waals surface area (Å²) >= 11 is 2.77. The average Bonchev–Trinajstić information content (AvgIpc) is 3.07. The predicted octanol–water partition coefficient (Wildman–Crippen LogP) is 4.73. The molecule has 5 rings (SSSR count). The molecule has 0 aliphatic carbocycles. The minimum absolute atomic E-state index is 0.171. The number of H-pyrrole nitrogens is 1. The first-order valence-electron chi connectivity index (χ1n) is 9.82. The van der Waals surface area contributed by atoms with Crippen LogP contribution < -0.4 is 11.1 Å². The molecule has 0 bridgehead atoms. The highest BCUT2D eigenvalue weighted by atomic mass is 32.2. The topological polar surface area (TPSA) is 80.6 Å². The van der Waals surface area contributed by atoms with E-state index in [0.29, 0.717) is 43.5 Å². The Balaban J connectivity index is 1.60. The van der Waals surface area contributed by atoms with Gasteiger partial charge >= 0.3 is 0 Å². The summed E-state index contributed by atoms with van der Waals surface area (Å²) in [5.74, 6) is 0.427. The molecule has 3 heterocycles. The molecule has 0 amide bonds. The summed E-state index contributed by atoms with van der Waals surface area (Å²) in [6.45, 7) is 3.88. The highest BCUT2D eigenvalue weighted by Gasteiger charge is 2.16. The predicted molar refractivity (Wildman–Crippen MR) is 127 cm³/mol. The number of para-hydroxylation sites is 1. The van der Waals surface area contributed by atoms with E-state index in [2.05, 4.69) is 15.0 Å². The van der Waals surface area contributed by atoms with Crippen LogP contribution in [0.5, 0.6) is 0 Å². The molecule has 3 aromatic heterocycles. The van der Waals surface area contributed by atoms with Crippen LogP contribution in [0.25, 0.3) is 26.8 Å². The van der Waals surface area contributed by atoms with Gasteiger partial charge in [0.05, 0.1) is 27.7 Å². The number of hydrogen-bond donors (Lipinski definition) is 1. The van der Waals surface area contributed by atoms with E-state index in [-0.39, 0.29) is 16.9 Å². The van der Waals surface area contributed by atoms with Crippen molar-refractivity contribution >= 4 is 44.2 Å². The third kappa shape index (κ3) is 3.53. The molecule has 160 valence electrons.